The number of ether oxygens (including phenoxy) is 3. The third-order valence-electron chi connectivity index (χ3n) is 4.86. The zero-order valence-electron chi connectivity index (χ0n) is 19.2. The number of hydrogen-bond donors (Lipinski definition) is 0. The van der Waals surface area contributed by atoms with Gasteiger partial charge < -0.3 is 14.2 Å². The van der Waals surface area contributed by atoms with Crippen LogP contribution in [-0.4, -0.2) is 24.8 Å². The molecule has 0 heterocycles. The lowest BCUT2D eigenvalue weighted by Crippen LogP contribution is -2.08. The molecule has 34 heavy (non-hydrogen) atoms. The zero-order chi connectivity index (χ0) is 24.8. The molecule has 0 saturated heterocycles. The number of ketones is 1. The van der Waals surface area contributed by atoms with Crippen molar-refractivity contribution in [3.63, 3.8) is 0 Å². The van der Waals surface area contributed by atoms with Crippen molar-refractivity contribution in [2.75, 3.05) is 7.11 Å². The molecule has 6 heteroatoms. The Balaban J connectivity index is 1.80. The molecular formula is C28H24O6. The maximum Gasteiger partial charge on any atom is 0.338 e. The van der Waals surface area contributed by atoms with Crippen LogP contribution in [0.1, 0.15) is 29.8 Å². The molecule has 3 rings (SSSR count). The molecule has 0 aliphatic carbocycles. The monoisotopic (exact) mass is 456 g/mol. The van der Waals surface area contributed by atoms with Gasteiger partial charge in [0, 0.05) is 27.8 Å². The number of methoxy groups -OCH3 is 1. The molecule has 6 nitrogen and oxygen atoms in total. The van der Waals surface area contributed by atoms with E-state index in [0.29, 0.717) is 33.9 Å². The summed E-state index contributed by atoms with van der Waals surface area (Å²) in [7, 11) is 1.53. The Morgan fingerprint density at radius 1 is 0.676 bits per heavy atom. The molecule has 0 aliphatic rings. The van der Waals surface area contributed by atoms with Gasteiger partial charge in [0.05, 0.1) is 7.11 Å². The fraction of sp³-hybridized carbons (Fsp3) is 0.107. The van der Waals surface area contributed by atoms with E-state index in [4.69, 9.17) is 14.2 Å². The summed E-state index contributed by atoms with van der Waals surface area (Å²) in [6, 6.07) is 18.4. The highest BCUT2D eigenvalue weighted by molar-refractivity contribution is 6.09. The summed E-state index contributed by atoms with van der Waals surface area (Å²) in [5, 5.41) is 0. The standard InChI is InChI=1S/C28H24O6/c1-17(2)27(30)33-22-11-6-19(7-12-22)24-15-10-21(16-25(24)32-5)26(29)20-8-13-23(14-9-20)34-28(31)18(3)4/h6-16H,1,3H2,2,4-5H3. The molecule has 0 radical (unpaired) electrons. The van der Waals surface area contributed by atoms with E-state index in [1.807, 2.05) is 0 Å². The van der Waals surface area contributed by atoms with E-state index in [1.54, 1.807) is 80.6 Å². The third kappa shape index (κ3) is 5.66. The van der Waals surface area contributed by atoms with Crippen LogP contribution in [0, 0.1) is 0 Å². The average molecular weight is 456 g/mol. The average Bonchev–Trinajstić information content (AvgIpc) is 2.84. The number of carbonyl (C=O) groups is 3. The molecule has 0 aliphatic heterocycles. The molecule has 0 saturated carbocycles. The van der Waals surface area contributed by atoms with Crippen LogP contribution in [0.3, 0.4) is 0 Å². The Morgan fingerprint density at radius 2 is 1.15 bits per heavy atom. The molecule has 0 atom stereocenters. The molecule has 3 aromatic carbocycles. The van der Waals surface area contributed by atoms with Crippen molar-refractivity contribution in [1.82, 2.24) is 0 Å². The predicted octanol–water partition coefficient (Wildman–Crippen LogP) is 5.56. The normalized spacial score (nSPS) is 10.2. The summed E-state index contributed by atoms with van der Waals surface area (Å²) in [6.07, 6.45) is 0. The molecule has 0 unspecified atom stereocenters. The predicted molar refractivity (Wildman–Crippen MR) is 129 cm³/mol. The van der Waals surface area contributed by atoms with Gasteiger partial charge in [-0.1, -0.05) is 31.4 Å². The number of hydrogen-bond acceptors (Lipinski definition) is 6. The fourth-order valence-electron chi connectivity index (χ4n) is 3.00. The minimum Gasteiger partial charge on any atom is -0.496 e. The van der Waals surface area contributed by atoms with Gasteiger partial charge in [0.25, 0.3) is 0 Å². The molecule has 0 bridgehead atoms. The molecular weight excluding hydrogens is 432 g/mol. The van der Waals surface area contributed by atoms with Gasteiger partial charge in [0.2, 0.25) is 0 Å². The highest BCUT2D eigenvalue weighted by atomic mass is 16.5. The Morgan fingerprint density at radius 3 is 1.62 bits per heavy atom. The largest absolute Gasteiger partial charge is 0.496 e. The quantitative estimate of drug-likeness (QED) is 0.191. The fourth-order valence-corrected chi connectivity index (χ4v) is 3.00. The second-order valence-corrected chi connectivity index (χ2v) is 7.63. The van der Waals surface area contributed by atoms with Crippen LogP contribution < -0.4 is 14.2 Å². The van der Waals surface area contributed by atoms with Crippen molar-refractivity contribution in [3.05, 3.63) is 102 Å². The maximum atomic E-state index is 13.0. The Hall–Kier alpha value is -4.45. The van der Waals surface area contributed by atoms with Crippen molar-refractivity contribution in [2.45, 2.75) is 13.8 Å². The van der Waals surface area contributed by atoms with Crippen molar-refractivity contribution < 1.29 is 28.6 Å². The number of benzene rings is 3. The van der Waals surface area contributed by atoms with Gasteiger partial charge in [-0.2, -0.15) is 0 Å². The van der Waals surface area contributed by atoms with Gasteiger partial charge in [0.1, 0.15) is 17.2 Å². The number of rotatable bonds is 8. The van der Waals surface area contributed by atoms with Gasteiger partial charge in [0.15, 0.2) is 5.78 Å². The van der Waals surface area contributed by atoms with Crippen LogP contribution in [-0.2, 0) is 9.59 Å². The van der Waals surface area contributed by atoms with Gasteiger partial charge in [-0.05, 0) is 67.9 Å². The van der Waals surface area contributed by atoms with Crippen molar-refractivity contribution >= 4 is 17.7 Å². The Labute approximate surface area is 198 Å². The summed E-state index contributed by atoms with van der Waals surface area (Å²) in [4.78, 5) is 36.3. The maximum absolute atomic E-state index is 13.0. The molecule has 0 amide bonds. The first-order valence-corrected chi connectivity index (χ1v) is 10.4. The first kappa shape index (κ1) is 24.2. The van der Waals surface area contributed by atoms with E-state index >= 15 is 0 Å². The van der Waals surface area contributed by atoms with Crippen LogP contribution in [0.4, 0.5) is 0 Å². The summed E-state index contributed by atoms with van der Waals surface area (Å²) in [5.74, 6) is 0.0283. The van der Waals surface area contributed by atoms with E-state index in [9.17, 15) is 14.4 Å². The van der Waals surface area contributed by atoms with Crippen molar-refractivity contribution in [2.24, 2.45) is 0 Å². The Bertz CT molecular complexity index is 1270. The molecule has 0 spiro atoms. The number of esters is 2. The van der Waals surface area contributed by atoms with Crippen LogP contribution in [0.15, 0.2) is 91.0 Å². The van der Waals surface area contributed by atoms with E-state index in [0.717, 1.165) is 11.1 Å². The summed E-state index contributed by atoms with van der Waals surface area (Å²) < 4.78 is 15.9. The van der Waals surface area contributed by atoms with Crippen LogP contribution in [0.5, 0.6) is 17.2 Å². The van der Waals surface area contributed by atoms with Crippen LogP contribution in [0.2, 0.25) is 0 Å². The minimum atomic E-state index is -0.526. The molecule has 0 fully saturated rings. The van der Waals surface area contributed by atoms with Gasteiger partial charge in [-0.15, -0.1) is 0 Å². The van der Waals surface area contributed by atoms with Gasteiger partial charge in [-0.25, -0.2) is 9.59 Å². The minimum absolute atomic E-state index is 0.204. The van der Waals surface area contributed by atoms with E-state index < -0.39 is 11.9 Å². The van der Waals surface area contributed by atoms with Gasteiger partial charge >= 0.3 is 11.9 Å². The third-order valence-corrected chi connectivity index (χ3v) is 4.86. The highest BCUT2D eigenvalue weighted by Gasteiger charge is 2.15. The first-order valence-electron chi connectivity index (χ1n) is 10.4. The summed E-state index contributed by atoms with van der Waals surface area (Å²) in [6.45, 7) is 10.2. The summed E-state index contributed by atoms with van der Waals surface area (Å²) >= 11 is 0. The highest BCUT2D eigenvalue weighted by Crippen LogP contribution is 2.33. The molecule has 0 aromatic heterocycles. The second-order valence-electron chi connectivity index (χ2n) is 7.63. The number of carbonyl (C=O) groups excluding carboxylic acids is 3. The van der Waals surface area contributed by atoms with E-state index in [2.05, 4.69) is 13.2 Å². The lowest BCUT2D eigenvalue weighted by atomic mass is 9.98. The van der Waals surface area contributed by atoms with Crippen LogP contribution in [0.25, 0.3) is 11.1 Å². The smallest absolute Gasteiger partial charge is 0.338 e. The van der Waals surface area contributed by atoms with Crippen molar-refractivity contribution in [1.29, 1.82) is 0 Å². The Kier molecular flexibility index (Phi) is 7.43. The van der Waals surface area contributed by atoms with E-state index in [-0.39, 0.29) is 11.4 Å². The second kappa shape index (κ2) is 10.4. The first-order chi connectivity index (χ1) is 16.2. The zero-order valence-corrected chi connectivity index (χ0v) is 19.2. The van der Waals surface area contributed by atoms with E-state index in [1.165, 1.54) is 7.11 Å². The molecule has 3 aromatic rings. The summed E-state index contributed by atoms with van der Waals surface area (Å²) in [5.41, 5.74) is 3.09. The molecule has 172 valence electrons. The topological polar surface area (TPSA) is 78.9 Å². The molecule has 0 N–H and O–H groups in total. The lowest BCUT2D eigenvalue weighted by molar-refractivity contribution is -0.130. The lowest BCUT2D eigenvalue weighted by Gasteiger charge is -2.12. The van der Waals surface area contributed by atoms with Gasteiger partial charge in [-0.3, -0.25) is 4.79 Å². The SMILES string of the molecule is C=C(C)C(=O)Oc1ccc(C(=O)c2ccc(-c3ccc(OC(=O)C(=C)C)cc3)c(OC)c2)cc1. The van der Waals surface area contributed by atoms with Crippen molar-refractivity contribution in [3.8, 4) is 28.4 Å². The van der Waals surface area contributed by atoms with Crippen LogP contribution >= 0.6 is 0 Å².